The summed E-state index contributed by atoms with van der Waals surface area (Å²) < 4.78 is 42.2. The Hall–Kier alpha value is -2.05. The van der Waals surface area contributed by atoms with Crippen LogP contribution in [-0.4, -0.2) is 43.0 Å². The van der Waals surface area contributed by atoms with Crippen LogP contribution in [0.3, 0.4) is 0 Å². The molecule has 0 aliphatic carbocycles. The quantitative estimate of drug-likeness (QED) is 0.733. The number of ketones is 1. The lowest BCUT2D eigenvalue weighted by atomic mass is 9.88. The van der Waals surface area contributed by atoms with Crippen LogP contribution in [-0.2, 0) is 4.79 Å². The first-order valence-corrected chi connectivity index (χ1v) is 8.66. The number of carbonyl (C=O) groups excluding carboxylic acids is 2. The van der Waals surface area contributed by atoms with Crippen molar-refractivity contribution in [2.45, 2.75) is 45.7 Å². The number of piperidine rings is 1. The Bertz CT molecular complexity index is 662. The van der Waals surface area contributed by atoms with Crippen molar-refractivity contribution >= 4 is 11.7 Å². The number of aryl methyl sites for hydroxylation is 2. The highest BCUT2D eigenvalue weighted by molar-refractivity contribution is 5.99. The number of rotatable bonds is 5. The number of nitrogens with zero attached hydrogens (tertiary/aromatic N) is 1. The van der Waals surface area contributed by atoms with Gasteiger partial charge in [0.1, 0.15) is 5.75 Å². The van der Waals surface area contributed by atoms with E-state index in [0.29, 0.717) is 24.9 Å². The summed E-state index contributed by atoms with van der Waals surface area (Å²) in [5, 5.41) is 0. The van der Waals surface area contributed by atoms with Crippen LogP contribution in [0.25, 0.3) is 0 Å². The minimum Gasteiger partial charge on any atom is -0.496 e. The highest BCUT2D eigenvalue weighted by Gasteiger charge is 2.32. The molecular formula is C19H24F3NO3. The van der Waals surface area contributed by atoms with Crippen molar-refractivity contribution in [1.29, 1.82) is 0 Å². The van der Waals surface area contributed by atoms with E-state index in [0.717, 1.165) is 16.9 Å². The van der Waals surface area contributed by atoms with E-state index in [9.17, 15) is 22.8 Å². The van der Waals surface area contributed by atoms with Gasteiger partial charge in [-0.15, -0.1) is 0 Å². The van der Waals surface area contributed by atoms with Crippen LogP contribution in [0, 0.1) is 19.8 Å². The first-order chi connectivity index (χ1) is 12.1. The minimum absolute atomic E-state index is 0.0767. The number of alkyl halides is 3. The molecule has 0 bridgehead atoms. The molecule has 144 valence electrons. The van der Waals surface area contributed by atoms with Crippen LogP contribution >= 0.6 is 0 Å². The lowest BCUT2D eigenvalue weighted by Gasteiger charge is -2.32. The smallest absolute Gasteiger partial charge is 0.389 e. The molecule has 7 heteroatoms. The number of hydrogen-bond donors (Lipinski definition) is 0. The second kappa shape index (κ2) is 8.10. The summed E-state index contributed by atoms with van der Waals surface area (Å²) in [6, 6.07) is 3.52. The molecule has 1 aliphatic rings. The molecule has 0 aromatic heterocycles. The predicted molar refractivity (Wildman–Crippen MR) is 91.4 cm³/mol. The molecule has 0 radical (unpaired) electrons. The zero-order valence-corrected chi connectivity index (χ0v) is 15.3. The van der Waals surface area contributed by atoms with Crippen molar-refractivity contribution in [3.63, 3.8) is 0 Å². The SMILES string of the molecule is COc1c(C)cc(C(=O)[C@H]2CCCN(C(=O)CCC(F)(F)F)C2)cc1C. The number of likely N-dealkylation sites (tertiary alicyclic amines) is 1. The van der Waals surface area contributed by atoms with Gasteiger partial charge in [-0.05, 0) is 49.9 Å². The Morgan fingerprint density at radius 3 is 2.38 bits per heavy atom. The van der Waals surface area contributed by atoms with Gasteiger partial charge in [0.15, 0.2) is 5.78 Å². The zero-order valence-electron chi connectivity index (χ0n) is 15.3. The van der Waals surface area contributed by atoms with E-state index in [1.807, 2.05) is 13.8 Å². The van der Waals surface area contributed by atoms with Crippen LogP contribution in [0.15, 0.2) is 12.1 Å². The molecular weight excluding hydrogens is 347 g/mol. The molecule has 1 fully saturated rings. The van der Waals surface area contributed by atoms with Crippen molar-refractivity contribution < 1.29 is 27.5 Å². The second-order valence-corrected chi connectivity index (χ2v) is 6.80. The zero-order chi connectivity index (χ0) is 19.5. The molecule has 0 spiro atoms. The van der Waals surface area contributed by atoms with Crippen molar-refractivity contribution in [2.75, 3.05) is 20.2 Å². The normalized spacial score (nSPS) is 17.9. The van der Waals surface area contributed by atoms with E-state index in [-0.39, 0.29) is 18.2 Å². The summed E-state index contributed by atoms with van der Waals surface area (Å²) in [6.07, 6.45) is -4.80. The van der Waals surface area contributed by atoms with Crippen LogP contribution in [0.1, 0.15) is 47.2 Å². The molecule has 1 aromatic carbocycles. The fourth-order valence-electron chi connectivity index (χ4n) is 3.47. The van der Waals surface area contributed by atoms with E-state index >= 15 is 0 Å². The maximum Gasteiger partial charge on any atom is 0.389 e. The number of carbonyl (C=O) groups is 2. The monoisotopic (exact) mass is 371 g/mol. The third-order valence-corrected chi connectivity index (χ3v) is 4.72. The molecule has 0 unspecified atom stereocenters. The average Bonchev–Trinajstić information content (AvgIpc) is 2.58. The second-order valence-electron chi connectivity index (χ2n) is 6.80. The van der Waals surface area contributed by atoms with E-state index in [1.165, 1.54) is 4.90 Å². The van der Waals surface area contributed by atoms with Gasteiger partial charge in [-0.3, -0.25) is 9.59 Å². The first-order valence-electron chi connectivity index (χ1n) is 8.66. The molecule has 2 rings (SSSR count). The van der Waals surface area contributed by atoms with Crippen LogP contribution < -0.4 is 4.74 Å². The molecule has 1 heterocycles. The predicted octanol–water partition coefficient (Wildman–Crippen LogP) is 4.08. The van der Waals surface area contributed by atoms with Gasteiger partial charge >= 0.3 is 6.18 Å². The fraction of sp³-hybridized carbons (Fsp3) is 0.579. The van der Waals surface area contributed by atoms with Crippen molar-refractivity contribution in [2.24, 2.45) is 5.92 Å². The molecule has 0 saturated carbocycles. The molecule has 1 aliphatic heterocycles. The number of methoxy groups -OCH3 is 1. The van der Waals surface area contributed by atoms with Gasteiger partial charge in [-0.25, -0.2) is 0 Å². The Balaban J connectivity index is 2.07. The van der Waals surface area contributed by atoms with Gasteiger partial charge in [0.25, 0.3) is 0 Å². The van der Waals surface area contributed by atoms with E-state index in [1.54, 1.807) is 19.2 Å². The molecule has 0 N–H and O–H groups in total. The van der Waals surface area contributed by atoms with Gasteiger partial charge in [-0.2, -0.15) is 13.2 Å². The highest BCUT2D eigenvalue weighted by Crippen LogP contribution is 2.28. The van der Waals surface area contributed by atoms with Gasteiger partial charge in [0, 0.05) is 31.0 Å². The van der Waals surface area contributed by atoms with E-state index < -0.39 is 24.9 Å². The minimum atomic E-state index is -4.35. The van der Waals surface area contributed by atoms with Crippen LogP contribution in [0.2, 0.25) is 0 Å². The number of hydrogen-bond acceptors (Lipinski definition) is 3. The Morgan fingerprint density at radius 1 is 1.23 bits per heavy atom. The first kappa shape index (κ1) is 20.3. The molecule has 1 atom stereocenters. The fourth-order valence-corrected chi connectivity index (χ4v) is 3.47. The summed E-state index contributed by atoms with van der Waals surface area (Å²) in [5.74, 6) is -0.269. The molecule has 26 heavy (non-hydrogen) atoms. The third-order valence-electron chi connectivity index (χ3n) is 4.72. The maximum absolute atomic E-state index is 12.8. The van der Waals surface area contributed by atoms with E-state index in [2.05, 4.69) is 0 Å². The molecule has 1 aromatic rings. The van der Waals surface area contributed by atoms with Crippen LogP contribution in [0.4, 0.5) is 13.2 Å². The maximum atomic E-state index is 12.8. The number of halogens is 3. The third kappa shape index (κ3) is 4.99. The molecule has 4 nitrogen and oxygen atoms in total. The van der Waals surface area contributed by atoms with Crippen LogP contribution in [0.5, 0.6) is 5.75 Å². The summed E-state index contributed by atoms with van der Waals surface area (Å²) in [5.41, 5.74) is 2.25. The van der Waals surface area contributed by atoms with Gasteiger partial charge in [0.05, 0.1) is 13.5 Å². The number of Topliss-reactive ketones (excluding diaryl/α,β-unsaturated/α-hetero) is 1. The number of ether oxygens (including phenoxy) is 1. The number of amides is 1. The van der Waals surface area contributed by atoms with Gasteiger partial charge < -0.3 is 9.64 Å². The summed E-state index contributed by atoms with van der Waals surface area (Å²) in [7, 11) is 1.57. The summed E-state index contributed by atoms with van der Waals surface area (Å²) in [6.45, 7) is 4.30. The highest BCUT2D eigenvalue weighted by atomic mass is 19.4. The lowest BCUT2D eigenvalue weighted by Crippen LogP contribution is -2.42. The van der Waals surface area contributed by atoms with E-state index in [4.69, 9.17) is 4.74 Å². The van der Waals surface area contributed by atoms with Crippen molar-refractivity contribution in [3.05, 3.63) is 28.8 Å². The Morgan fingerprint density at radius 2 is 1.85 bits per heavy atom. The molecule has 1 saturated heterocycles. The van der Waals surface area contributed by atoms with Gasteiger partial charge in [-0.1, -0.05) is 0 Å². The topological polar surface area (TPSA) is 46.6 Å². The number of benzene rings is 1. The largest absolute Gasteiger partial charge is 0.496 e. The van der Waals surface area contributed by atoms with Crippen molar-refractivity contribution in [1.82, 2.24) is 4.90 Å². The lowest BCUT2D eigenvalue weighted by molar-refractivity contribution is -0.149. The Kier molecular flexibility index (Phi) is 6.31. The van der Waals surface area contributed by atoms with Gasteiger partial charge in [0.2, 0.25) is 5.91 Å². The average molecular weight is 371 g/mol. The standard InChI is InChI=1S/C19H24F3NO3/c1-12-9-15(10-13(2)18(12)26-3)17(25)14-5-4-8-23(11-14)16(24)6-7-19(20,21)22/h9-10,14H,4-8,11H2,1-3H3/t14-/m0/s1. The molecule has 1 amide bonds. The summed E-state index contributed by atoms with van der Waals surface area (Å²) >= 11 is 0. The summed E-state index contributed by atoms with van der Waals surface area (Å²) in [4.78, 5) is 26.3. The Labute approximate surface area is 151 Å². The van der Waals surface area contributed by atoms with Crippen molar-refractivity contribution in [3.8, 4) is 5.75 Å².